The van der Waals surface area contributed by atoms with Gasteiger partial charge in [-0.05, 0) is 30.3 Å². The molecular weight excluding hydrogens is 198 g/mol. The molecule has 0 fully saturated rings. The van der Waals surface area contributed by atoms with Crippen LogP contribution < -0.4 is 0 Å². The summed E-state index contributed by atoms with van der Waals surface area (Å²) in [5.41, 5.74) is 1.43. The van der Waals surface area contributed by atoms with Crippen LogP contribution in [0.3, 0.4) is 0 Å². The van der Waals surface area contributed by atoms with E-state index in [0.29, 0.717) is 10.6 Å². The van der Waals surface area contributed by atoms with Gasteiger partial charge in [-0.25, -0.2) is 0 Å². The second kappa shape index (κ2) is 3.68. The zero-order valence-electron chi connectivity index (χ0n) is 7.35. The molecule has 0 unspecified atom stereocenters. The fourth-order valence-electron chi connectivity index (χ4n) is 1.35. The summed E-state index contributed by atoms with van der Waals surface area (Å²) in [5, 5.41) is 0.572. The van der Waals surface area contributed by atoms with Crippen molar-refractivity contribution < 1.29 is 4.79 Å². The van der Waals surface area contributed by atoms with E-state index in [1.54, 1.807) is 12.1 Å². The topological polar surface area (TPSA) is 22.0 Å². The van der Waals surface area contributed by atoms with Crippen LogP contribution in [-0.2, 0) is 0 Å². The summed E-state index contributed by atoms with van der Waals surface area (Å²) in [6, 6.07) is 9.06. The number of rotatable bonds is 2. The Bertz CT molecular complexity index is 448. The number of benzene rings is 1. The van der Waals surface area contributed by atoms with Gasteiger partial charge in [-0.2, -0.15) is 0 Å². The third kappa shape index (κ3) is 1.56. The molecule has 1 aromatic carbocycles. The normalized spacial score (nSPS) is 10.1. The minimum Gasteiger partial charge on any atom is -0.323 e. The molecule has 0 N–H and O–H groups in total. The van der Waals surface area contributed by atoms with Gasteiger partial charge in [-0.1, -0.05) is 11.6 Å². The predicted molar refractivity (Wildman–Crippen MR) is 56.2 cm³/mol. The van der Waals surface area contributed by atoms with E-state index >= 15 is 0 Å². The largest absolute Gasteiger partial charge is 0.323 e. The second-order valence-electron chi connectivity index (χ2n) is 2.91. The molecule has 0 aliphatic heterocycles. The van der Waals surface area contributed by atoms with Gasteiger partial charge in [0, 0.05) is 23.0 Å². The Hall–Kier alpha value is -1.54. The highest BCUT2D eigenvalue weighted by molar-refractivity contribution is 6.30. The number of halogens is 1. The minimum absolute atomic E-state index is 0.572. The molecule has 0 bridgehead atoms. The first-order chi connectivity index (χ1) is 6.81. The predicted octanol–water partition coefficient (Wildman–Crippen LogP) is 2.94. The number of aldehydes is 1. The Morgan fingerprint density at radius 2 is 1.93 bits per heavy atom. The SMILES string of the molecule is O=Cc1cc(Cl)ccc1-n1cccc1. The van der Waals surface area contributed by atoms with E-state index in [1.165, 1.54) is 0 Å². The van der Waals surface area contributed by atoms with Crippen molar-refractivity contribution in [2.75, 3.05) is 0 Å². The van der Waals surface area contributed by atoms with Crippen molar-refractivity contribution >= 4 is 17.9 Å². The van der Waals surface area contributed by atoms with E-state index < -0.39 is 0 Å². The van der Waals surface area contributed by atoms with Crippen molar-refractivity contribution in [2.24, 2.45) is 0 Å². The van der Waals surface area contributed by atoms with Crippen LogP contribution >= 0.6 is 11.6 Å². The maximum atomic E-state index is 10.8. The third-order valence-corrected chi connectivity index (χ3v) is 2.23. The highest BCUT2D eigenvalue weighted by atomic mass is 35.5. The van der Waals surface area contributed by atoms with Crippen molar-refractivity contribution in [1.29, 1.82) is 0 Å². The van der Waals surface area contributed by atoms with Crippen LogP contribution in [0.25, 0.3) is 5.69 Å². The average Bonchev–Trinajstić information content (AvgIpc) is 2.70. The minimum atomic E-state index is 0.572. The van der Waals surface area contributed by atoms with Crippen LogP contribution in [-0.4, -0.2) is 10.9 Å². The lowest BCUT2D eigenvalue weighted by atomic mass is 10.2. The van der Waals surface area contributed by atoms with Crippen molar-refractivity contribution in [3.05, 3.63) is 53.3 Å². The first kappa shape index (κ1) is 9.03. The fourth-order valence-corrected chi connectivity index (χ4v) is 1.53. The highest BCUT2D eigenvalue weighted by Gasteiger charge is 2.03. The summed E-state index contributed by atoms with van der Waals surface area (Å²) >= 11 is 5.79. The van der Waals surface area contributed by atoms with Gasteiger partial charge in [0.2, 0.25) is 0 Å². The van der Waals surface area contributed by atoms with Crippen LogP contribution in [0.15, 0.2) is 42.7 Å². The van der Waals surface area contributed by atoms with Gasteiger partial charge in [0.05, 0.1) is 5.69 Å². The van der Waals surface area contributed by atoms with Crippen molar-refractivity contribution in [3.8, 4) is 5.69 Å². The Morgan fingerprint density at radius 1 is 1.21 bits per heavy atom. The Balaban J connectivity index is 2.58. The monoisotopic (exact) mass is 205 g/mol. The number of carbonyl (C=O) groups excluding carboxylic acids is 1. The van der Waals surface area contributed by atoms with Gasteiger partial charge in [-0.3, -0.25) is 4.79 Å². The number of nitrogens with zero attached hydrogens (tertiary/aromatic N) is 1. The van der Waals surface area contributed by atoms with Crippen molar-refractivity contribution in [1.82, 2.24) is 4.57 Å². The smallest absolute Gasteiger partial charge is 0.152 e. The summed E-state index contributed by atoms with van der Waals surface area (Å²) in [6.07, 6.45) is 4.58. The molecule has 0 saturated heterocycles. The fraction of sp³-hybridized carbons (Fsp3) is 0. The molecular formula is C11H8ClNO. The first-order valence-corrected chi connectivity index (χ1v) is 4.57. The first-order valence-electron chi connectivity index (χ1n) is 4.19. The molecule has 0 atom stereocenters. The molecule has 1 heterocycles. The van der Waals surface area contributed by atoms with Crippen LogP contribution in [0.1, 0.15) is 10.4 Å². The van der Waals surface area contributed by atoms with Gasteiger partial charge < -0.3 is 4.57 Å². The van der Waals surface area contributed by atoms with E-state index in [-0.39, 0.29) is 0 Å². The maximum absolute atomic E-state index is 10.8. The van der Waals surface area contributed by atoms with E-state index in [4.69, 9.17) is 11.6 Å². The summed E-state index contributed by atoms with van der Waals surface area (Å²) in [6.45, 7) is 0. The standard InChI is InChI=1S/C11H8ClNO/c12-10-3-4-11(9(7-10)8-14)13-5-1-2-6-13/h1-8H. The van der Waals surface area contributed by atoms with Gasteiger partial charge in [0.15, 0.2) is 6.29 Å². The van der Waals surface area contributed by atoms with Gasteiger partial charge in [0.1, 0.15) is 0 Å². The van der Waals surface area contributed by atoms with Crippen LogP contribution in [0.4, 0.5) is 0 Å². The quantitative estimate of drug-likeness (QED) is 0.691. The van der Waals surface area contributed by atoms with Crippen LogP contribution in [0.2, 0.25) is 5.02 Å². The van der Waals surface area contributed by atoms with Gasteiger partial charge >= 0.3 is 0 Å². The molecule has 0 saturated carbocycles. The molecule has 2 nitrogen and oxygen atoms in total. The molecule has 14 heavy (non-hydrogen) atoms. The van der Waals surface area contributed by atoms with E-state index in [9.17, 15) is 4.79 Å². The Labute approximate surface area is 86.7 Å². The maximum Gasteiger partial charge on any atom is 0.152 e. The molecule has 0 aliphatic rings. The van der Waals surface area contributed by atoms with Gasteiger partial charge in [0.25, 0.3) is 0 Å². The molecule has 0 radical (unpaired) electrons. The molecule has 0 spiro atoms. The van der Waals surface area contributed by atoms with E-state index in [2.05, 4.69) is 0 Å². The Morgan fingerprint density at radius 3 is 2.57 bits per heavy atom. The number of carbonyl (C=O) groups is 1. The van der Waals surface area contributed by atoms with E-state index in [1.807, 2.05) is 35.2 Å². The average molecular weight is 206 g/mol. The molecule has 0 amide bonds. The molecule has 70 valence electrons. The van der Waals surface area contributed by atoms with Crippen LogP contribution in [0, 0.1) is 0 Å². The lowest BCUT2D eigenvalue weighted by Gasteiger charge is -2.05. The zero-order chi connectivity index (χ0) is 9.97. The molecule has 2 rings (SSSR count). The lowest BCUT2D eigenvalue weighted by Crippen LogP contribution is -1.95. The van der Waals surface area contributed by atoms with Crippen molar-refractivity contribution in [2.45, 2.75) is 0 Å². The molecule has 3 heteroatoms. The number of hydrogen-bond acceptors (Lipinski definition) is 1. The summed E-state index contributed by atoms with van der Waals surface area (Å²) < 4.78 is 1.88. The van der Waals surface area contributed by atoms with Crippen molar-refractivity contribution in [3.63, 3.8) is 0 Å². The van der Waals surface area contributed by atoms with E-state index in [0.717, 1.165) is 12.0 Å². The van der Waals surface area contributed by atoms with Crippen LogP contribution in [0.5, 0.6) is 0 Å². The molecule has 2 aromatic rings. The second-order valence-corrected chi connectivity index (χ2v) is 3.35. The zero-order valence-corrected chi connectivity index (χ0v) is 8.11. The third-order valence-electron chi connectivity index (χ3n) is 2.00. The summed E-state index contributed by atoms with van der Waals surface area (Å²) in [7, 11) is 0. The Kier molecular flexibility index (Phi) is 2.37. The summed E-state index contributed by atoms with van der Waals surface area (Å²) in [5.74, 6) is 0. The van der Waals surface area contributed by atoms with Gasteiger partial charge in [-0.15, -0.1) is 0 Å². The summed E-state index contributed by atoms with van der Waals surface area (Å²) in [4.78, 5) is 10.8. The lowest BCUT2D eigenvalue weighted by molar-refractivity contribution is 0.112. The molecule has 1 aromatic heterocycles. The molecule has 0 aliphatic carbocycles. The highest BCUT2D eigenvalue weighted by Crippen LogP contribution is 2.18. The number of aromatic nitrogens is 1. The number of hydrogen-bond donors (Lipinski definition) is 0.